The molecule has 9 heteroatoms. The van der Waals surface area contributed by atoms with Crippen LogP contribution >= 0.6 is 11.6 Å². The average molecular weight is 400 g/mol. The monoisotopic (exact) mass is 399 g/mol. The number of aromatic nitrogens is 3. The molecule has 1 heterocycles. The highest BCUT2D eigenvalue weighted by Gasteiger charge is 2.10. The van der Waals surface area contributed by atoms with E-state index in [2.05, 4.69) is 25.8 Å². The van der Waals surface area contributed by atoms with E-state index in [4.69, 9.17) is 21.1 Å². The van der Waals surface area contributed by atoms with Crippen LogP contribution in [-0.4, -0.2) is 34.9 Å². The maximum atomic E-state index is 11.7. The zero-order chi connectivity index (χ0) is 19.9. The van der Waals surface area contributed by atoms with Gasteiger partial charge in [0.15, 0.2) is 5.82 Å². The summed E-state index contributed by atoms with van der Waals surface area (Å²) < 4.78 is 10.1. The first-order valence-corrected chi connectivity index (χ1v) is 8.81. The average Bonchev–Trinajstić information content (AvgIpc) is 2.71. The molecule has 0 unspecified atom stereocenters. The van der Waals surface area contributed by atoms with Gasteiger partial charge in [0.1, 0.15) is 5.75 Å². The minimum absolute atomic E-state index is 0.300. The van der Waals surface area contributed by atoms with E-state index in [1.807, 2.05) is 31.2 Å². The number of rotatable bonds is 7. The molecule has 3 aromatic rings. The van der Waals surface area contributed by atoms with Crippen LogP contribution < -0.4 is 15.4 Å². The van der Waals surface area contributed by atoms with Crippen LogP contribution in [0.4, 0.5) is 23.1 Å². The van der Waals surface area contributed by atoms with E-state index in [0.717, 1.165) is 11.4 Å². The highest BCUT2D eigenvalue weighted by Crippen LogP contribution is 2.26. The van der Waals surface area contributed by atoms with Crippen molar-refractivity contribution in [3.05, 3.63) is 59.2 Å². The first-order valence-electron chi connectivity index (χ1n) is 8.43. The summed E-state index contributed by atoms with van der Waals surface area (Å²) >= 11 is 6.20. The van der Waals surface area contributed by atoms with Gasteiger partial charge in [0.05, 0.1) is 36.2 Å². The third-order valence-corrected chi connectivity index (χ3v) is 3.96. The summed E-state index contributed by atoms with van der Waals surface area (Å²) in [4.78, 5) is 16.1. The summed E-state index contributed by atoms with van der Waals surface area (Å²) in [5, 5.41) is 14.4. The molecule has 1 aromatic heterocycles. The standard InChI is InChI=1S/C19H18ClN5O3/c1-3-28-14-7-5-13(6-8-14)22-19-24-17(11-21-25-19)23-16-10-12(18(26)27-2)4-9-15(16)20/h4-11H,3H2,1-2H3,(H2,22,23,24,25). The van der Waals surface area contributed by atoms with Gasteiger partial charge >= 0.3 is 5.97 Å². The van der Waals surface area contributed by atoms with E-state index < -0.39 is 5.97 Å². The maximum Gasteiger partial charge on any atom is 0.337 e. The maximum absolute atomic E-state index is 11.7. The zero-order valence-electron chi connectivity index (χ0n) is 15.3. The molecule has 28 heavy (non-hydrogen) atoms. The molecule has 0 fully saturated rings. The van der Waals surface area contributed by atoms with Crippen molar-refractivity contribution in [1.29, 1.82) is 0 Å². The van der Waals surface area contributed by atoms with Crippen molar-refractivity contribution in [2.24, 2.45) is 0 Å². The van der Waals surface area contributed by atoms with E-state index in [0.29, 0.717) is 34.6 Å². The summed E-state index contributed by atoms with van der Waals surface area (Å²) in [5.74, 6) is 1.03. The van der Waals surface area contributed by atoms with Gasteiger partial charge in [-0.25, -0.2) is 4.79 Å². The van der Waals surface area contributed by atoms with Crippen LogP contribution in [0.1, 0.15) is 17.3 Å². The minimum atomic E-state index is -0.460. The van der Waals surface area contributed by atoms with E-state index in [9.17, 15) is 4.79 Å². The number of esters is 1. The van der Waals surface area contributed by atoms with Crippen molar-refractivity contribution in [2.75, 3.05) is 24.4 Å². The molecular weight excluding hydrogens is 382 g/mol. The zero-order valence-corrected chi connectivity index (χ0v) is 16.0. The summed E-state index contributed by atoms with van der Waals surface area (Å²) in [6, 6.07) is 12.2. The molecule has 0 aliphatic carbocycles. The van der Waals surface area contributed by atoms with Crippen LogP contribution in [0.5, 0.6) is 5.75 Å². The second kappa shape index (κ2) is 9.01. The Morgan fingerprint density at radius 2 is 1.93 bits per heavy atom. The Morgan fingerprint density at radius 1 is 1.14 bits per heavy atom. The number of methoxy groups -OCH3 is 1. The number of carbonyl (C=O) groups is 1. The van der Waals surface area contributed by atoms with Gasteiger partial charge in [-0.1, -0.05) is 11.6 Å². The minimum Gasteiger partial charge on any atom is -0.494 e. The molecule has 144 valence electrons. The molecule has 2 aromatic carbocycles. The van der Waals surface area contributed by atoms with Gasteiger partial charge in [-0.2, -0.15) is 10.1 Å². The number of halogens is 1. The number of nitrogens with one attached hydrogen (secondary N) is 2. The van der Waals surface area contributed by atoms with Crippen molar-refractivity contribution < 1.29 is 14.3 Å². The third-order valence-electron chi connectivity index (χ3n) is 3.63. The number of benzene rings is 2. The SMILES string of the molecule is CCOc1ccc(Nc2nncc(Nc3cc(C(=O)OC)ccc3Cl)n2)cc1. The fourth-order valence-electron chi connectivity index (χ4n) is 2.35. The van der Waals surface area contributed by atoms with Crippen molar-refractivity contribution in [3.8, 4) is 5.75 Å². The Balaban J connectivity index is 1.75. The first kappa shape index (κ1) is 19.4. The second-order valence-electron chi connectivity index (χ2n) is 5.56. The Labute approximate surface area is 166 Å². The number of hydrogen-bond acceptors (Lipinski definition) is 8. The van der Waals surface area contributed by atoms with Gasteiger partial charge < -0.3 is 20.1 Å². The fourth-order valence-corrected chi connectivity index (χ4v) is 2.52. The fraction of sp³-hybridized carbons (Fsp3) is 0.158. The van der Waals surface area contributed by atoms with E-state index in [1.165, 1.54) is 13.3 Å². The summed E-state index contributed by atoms with van der Waals surface area (Å²) in [6.07, 6.45) is 1.45. The van der Waals surface area contributed by atoms with Crippen molar-refractivity contribution in [2.45, 2.75) is 6.92 Å². The molecule has 0 bridgehead atoms. The van der Waals surface area contributed by atoms with Gasteiger partial charge in [-0.3, -0.25) is 0 Å². The summed E-state index contributed by atoms with van der Waals surface area (Å²) in [6.45, 7) is 2.53. The molecule has 3 rings (SSSR count). The smallest absolute Gasteiger partial charge is 0.337 e. The topological polar surface area (TPSA) is 98.3 Å². The predicted octanol–water partition coefficient (Wildman–Crippen LogP) is 4.20. The van der Waals surface area contributed by atoms with Crippen LogP contribution in [0.25, 0.3) is 0 Å². The Morgan fingerprint density at radius 3 is 2.64 bits per heavy atom. The van der Waals surface area contributed by atoms with Gasteiger partial charge in [0.25, 0.3) is 0 Å². The van der Waals surface area contributed by atoms with Crippen LogP contribution in [0.15, 0.2) is 48.7 Å². The number of ether oxygens (including phenoxy) is 2. The van der Waals surface area contributed by atoms with Crippen LogP contribution in [0, 0.1) is 0 Å². The van der Waals surface area contributed by atoms with Crippen molar-refractivity contribution in [3.63, 3.8) is 0 Å². The van der Waals surface area contributed by atoms with Gasteiger partial charge in [0.2, 0.25) is 5.95 Å². The molecule has 0 saturated heterocycles. The van der Waals surface area contributed by atoms with Crippen LogP contribution in [0.2, 0.25) is 5.02 Å². The summed E-state index contributed by atoms with van der Waals surface area (Å²) in [5.41, 5.74) is 1.65. The van der Waals surface area contributed by atoms with Crippen LogP contribution in [0.3, 0.4) is 0 Å². The normalized spacial score (nSPS) is 10.2. The molecule has 0 aliphatic rings. The van der Waals surface area contributed by atoms with E-state index in [1.54, 1.807) is 18.2 Å². The number of carbonyl (C=O) groups excluding carboxylic acids is 1. The lowest BCUT2D eigenvalue weighted by atomic mass is 10.2. The second-order valence-corrected chi connectivity index (χ2v) is 5.97. The Kier molecular flexibility index (Phi) is 6.23. The molecule has 0 amide bonds. The number of anilines is 4. The molecule has 0 radical (unpaired) electrons. The Hall–Kier alpha value is -3.39. The molecule has 0 aliphatic heterocycles. The quantitative estimate of drug-likeness (QED) is 0.570. The van der Waals surface area contributed by atoms with Gasteiger partial charge in [0, 0.05) is 5.69 Å². The van der Waals surface area contributed by atoms with Gasteiger partial charge in [-0.15, -0.1) is 5.10 Å². The molecule has 2 N–H and O–H groups in total. The van der Waals surface area contributed by atoms with E-state index in [-0.39, 0.29) is 0 Å². The number of nitrogens with zero attached hydrogens (tertiary/aromatic N) is 3. The Bertz CT molecular complexity index is 966. The largest absolute Gasteiger partial charge is 0.494 e. The van der Waals surface area contributed by atoms with Crippen molar-refractivity contribution >= 4 is 40.7 Å². The van der Waals surface area contributed by atoms with Crippen LogP contribution in [-0.2, 0) is 4.74 Å². The van der Waals surface area contributed by atoms with E-state index >= 15 is 0 Å². The molecule has 0 saturated carbocycles. The highest BCUT2D eigenvalue weighted by atomic mass is 35.5. The summed E-state index contributed by atoms with van der Waals surface area (Å²) in [7, 11) is 1.32. The molecule has 8 nitrogen and oxygen atoms in total. The molecule has 0 spiro atoms. The number of hydrogen-bond donors (Lipinski definition) is 2. The highest BCUT2D eigenvalue weighted by molar-refractivity contribution is 6.33. The third kappa shape index (κ3) is 4.86. The molecular formula is C19H18ClN5O3. The lowest BCUT2D eigenvalue weighted by molar-refractivity contribution is 0.0601. The van der Waals surface area contributed by atoms with Gasteiger partial charge in [-0.05, 0) is 49.4 Å². The lowest BCUT2D eigenvalue weighted by Gasteiger charge is -2.10. The lowest BCUT2D eigenvalue weighted by Crippen LogP contribution is -2.04. The predicted molar refractivity (Wildman–Crippen MR) is 107 cm³/mol. The molecule has 0 atom stereocenters. The van der Waals surface area contributed by atoms with Crippen molar-refractivity contribution in [1.82, 2.24) is 15.2 Å². The first-order chi connectivity index (χ1) is 13.6.